The third-order valence-corrected chi connectivity index (χ3v) is 13.4. The van der Waals surface area contributed by atoms with Crippen molar-refractivity contribution in [2.45, 2.75) is 149 Å². The quantitative estimate of drug-likeness (QED) is 0.0570. The summed E-state index contributed by atoms with van der Waals surface area (Å²) in [5.74, 6) is 0.873. The van der Waals surface area contributed by atoms with Gasteiger partial charge in [-0.05, 0) is 50.1 Å². The topological polar surface area (TPSA) is 27.7 Å². The Morgan fingerprint density at radius 1 is 0.486 bits per heavy atom. The molecule has 0 saturated heterocycles. The maximum Gasteiger partial charge on any atom is 0.500 e. The summed E-state index contributed by atoms with van der Waals surface area (Å²) in [6.45, 7) is 6.96. The van der Waals surface area contributed by atoms with Crippen LogP contribution in [0.2, 0.25) is 6.04 Å². The first-order valence-electron chi connectivity index (χ1n) is 15.5. The number of rotatable bonds is 28. The van der Waals surface area contributed by atoms with Crippen LogP contribution in [0.25, 0.3) is 0 Å². The van der Waals surface area contributed by atoms with E-state index in [0.29, 0.717) is 0 Å². The summed E-state index contributed by atoms with van der Waals surface area (Å²) in [7, 11) is 3.04. The molecule has 0 aliphatic rings. The van der Waals surface area contributed by atoms with E-state index in [1.807, 2.05) is 0 Å². The van der Waals surface area contributed by atoms with Crippen LogP contribution in [0, 0.1) is 5.92 Å². The SMILES string of the molecule is CCCCCCCCP(CCCCCCCC)CCC(CCCCC)CCC[Si](OC)(OC)OC. The Kier molecular flexibility index (Phi) is 26.5. The Hall–Kier alpha value is 0.527. The van der Waals surface area contributed by atoms with Gasteiger partial charge in [0.05, 0.1) is 0 Å². The minimum atomic E-state index is -2.43. The van der Waals surface area contributed by atoms with Gasteiger partial charge in [0.2, 0.25) is 0 Å². The highest BCUT2D eigenvalue weighted by atomic mass is 31.1. The van der Waals surface area contributed by atoms with Gasteiger partial charge in [-0.15, -0.1) is 7.92 Å². The van der Waals surface area contributed by atoms with Gasteiger partial charge in [0.15, 0.2) is 0 Å². The molecule has 212 valence electrons. The van der Waals surface area contributed by atoms with Crippen LogP contribution >= 0.6 is 7.92 Å². The van der Waals surface area contributed by atoms with Crippen molar-refractivity contribution in [3.63, 3.8) is 0 Å². The molecule has 0 N–H and O–H groups in total. The number of unbranched alkanes of at least 4 members (excludes halogenated alkanes) is 12. The zero-order chi connectivity index (χ0) is 26.0. The van der Waals surface area contributed by atoms with Gasteiger partial charge in [0.1, 0.15) is 0 Å². The van der Waals surface area contributed by atoms with Crippen LogP contribution < -0.4 is 0 Å². The summed E-state index contributed by atoms with van der Waals surface area (Å²) in [6, 6.07) is 0.949. The second kappa shape index (κ2) is 26.1. The summed E-state index contributed by atoms with van der Waals surface area (Å²) in [4.78, 5) is 0. The van der Waals surface area contributed by atoms with Gasteiger partial charge in [-0.3, -0.25) is 0 Å². The molecule has 5 heteroatoms. The molecule has 0 fully saturated rings. The van der Waals surface area contributed by atoms with Gasteiger partial charge in [-0.25, -0.2) is 0 Å². The van der Waals surface area contributed by atoms with Crippen LogP contribution in [-0.2, 0) is 13.3 Å². The molecule has 0 rings (SSSR count). The molecule has 0 amide bonds. The van der Waals surface area contributed by atoms with E-state index in [1.54, 1.807) is 21.3 Å². The average molecular weight is 533 g/mol. The van der Waals surface area contributed by atoms with Crippen molar-refractivity contribution in [2.24, 2.45) is 5.92 Å². The van der Waals surface area contributed by atoms with Gasteiger partial charge in [0, 0.05) is 27.4 Å². The van der Waals surface area contributed by atoms with Crippen molar-refractivity contribution in [2.75, 3.05) is 39.8 Å². The molecule has 1 atom stereocenters. The lowest BCUT2D eigenvalue weighted by atomic mass is 9.94. The molecule has 35 heavy (non-hydrogen) atoms. The molecular formula is C30H65O3PSi. The van der Waals surface area contributed by atoms with Gasteiger partial charge < -0.3 is 13.3 Å². The lowest BCUT2D eigenvalue weighted by Gasteiger charge is -2.26. The third-order valence-electron chi connectivity index (χ3n) is 7.75. The van der Waals surface area contributed by atoms with Gasteiger partial charge in [-0.2, -0.15) is 0 Å². The highest BCUT2D eigenvalue weighted by molar-refractivity contribution is 7.57. The normalized spacial score (nSPS) is 13.1. The predicted molar refractivity (Wildman–Crippen MR) is 161 cm³/mol. The van der Waals surface area contributed by atoms with Crippen molar-refractivity contribution < 1.29 is 13.3 Å². The molecule has 0 spiro atoms. The molecule has 0 radical (unpaired) electrons. The standard InChI is InChI=1S/C30H65O3PSi/c1-7-10-13-15-17-20-26-34(27-21-18-16-14-11-8-2)28-25-30(23-19-12-9-3)24-22-29-35(31-4,32-5)33-6/h30H,7-29H2,1-6H3. The number of hydrogen-bond acceptors (Lipinski definition) is 3. The van der Waals surface area contributed by atoms with Crippen molar-refractivity contribution in [3.05, 3.63) is 0 Å². The minimum Gasteiger partial charge on any atom is -0.377 e. The molecule has 0 aliphatic heterocycles. The maximum atomic E-state index is 5.67. The van der Waals surface area contributed by atoms with Crippen molar-refractivity contribution in [1.29, 1.82) is 0 Å². The first-order valence-corrected chi connectivity index (χ1v) is 19.3. The molecule has 0 saturated carbocycles. The fourth-order valence-electron chi connectivity index (χ4n) is 5.21. The molecule has 3 nitrogen and oxygen atoms in total. The van der Waals surface area contributed by atoms with E-state index < -0.39 is 8.80 Å². The molecule has 0 bridgehead atoms. The Bertz CT molecular complexity index is 396. The van der Waals surface area contributed by atoms with Crippen LogP contribution in [-0.4, -0.2) is 48.6 Å². The van der Waals surface area contributed by atoms with Crippen LogP contribution in [0.5, 0.6) is 0 Å². The molecule has 0 aromatic heterocycles. The maximum absolute atomic E-state index is 5.67. The van der Waals surface area contributed by atoms with Crippen LogP contribution in [0.1, 0.15) is 143 Å². The van der Waals surface area contributed by atoms with E-state index in [2.05, 4.69) is 20.8 Å². The fourth-order valence-corrected chi connectivity index (χ4v) is 9.70. The van der Waals surface area contributed by atoms with Gasteiger partial charge in [-0.1, -0.05) is 117 Å². The predicted octanol–water partition coefficient (Wildman–Crippen LogP) is 10.4. The van der Waals surface area contributed by atoms with E-state index in [4.69, 9.17) is 13.3 Å². The van der Waals surface area contributed by atoms with E-state index in [1.165, 1.54) is 140 Å². The van der Waals surface area contributed by atoms with Gasteiger partial charge >= 0.3 is 8.80 Å². The smallest absolute Gasteiger partial charge is 0.377 e. The summed E-state index contributed by atoms with van der Waals surface area (Å²) < 4.78 is 17.0. The van der Waals surface area contributed by atoms with E-state index in [-0.39, 0.29) is 7.92 Å². The van der Waals surface area contributed by atoms with E-state index in [9.17, 15) is 0 Å². The van der Waals surface area contributed by atoms with Crippen LogP contribution in [0.4, 0.5) is 0 Å². The molecule has 0 aromatic rings. The summed E-state index contributed by atoms with van der Waals surface area (Å²) >= 11 is 0. The van der Waals surface area contributed by atoms with Crippen LogP contribution in [0.15, 0.2) is 0 Å². The third kappa shape index (κ3) is 20.2. The lowest BCUT2D eigenvalue weighted by molar-refractivity contribution is 0.122. The molecule has 1 unspecified atom stereocenters. The molecule has 0 aromatic carbocycles. The summed E-state index contributed by atoms with van der Waals surface area (Å²) in [6.07, 6.45) is 31.3. The average Bonchev–Trinajstić information content (AvgIpc) is 2.88. The minimum absolute atomic E-state index is 0.227. The van der Waals surface area contributed by atoms with E-state index >= 15 is 0 Å². The number of hydrogen-bond donors (Lipinski definition) is 0. The van der Waals surface area contributed by atoms with E-state index in [0.717, 1.165) is 12.0 Å². The summed E-state index contributed by atoms with van der Waals surface area (Å²) in [5.41, 5.74) is 0. The zero-order valence-corrected chi connectivity index (χ0v) is 26.9. The fraction of sp³-hybridized carbons (Fsp3) is 1.00. The molecular weight excluding hydrogens is 467 g/mol. The van der Waals surface area contributed by atoms with Crippen molar-refractivity contribution in [3.8, 4) is 0 Å². The lowest BCUT2D eigenvalue weighted by Crippen LogP contribution is -2.42. The Balaban J connectivity index is 4.68. The zero-order valence-electron chi connectivity index (χ0n) is 25.0. The van der Waals surface area contributed by atoms with Gasteiger partial charge in [0.25, 0.3) is 0 Å². The first kappa shape index (κ1) is 35.5. The molecule has 0 heterocycles. The Morgan fingerprint density at radius 3 is 1.40 bits per heavy atom. The highest BCUT2D eigenvalue weighted by Crippen LogP contribution is 2.41. The second-order valence-electron chi connectivity index (χ2n) is 10.7. The Morgan fingerprint density at radius 2 is 0.914 bits per heavy atom. The second-order valence-corrected chi connectivity index (χ2v) is 16.5. The molecule has 0 aliphatic carbocycles. The van der Waals surface area contributed by atoms with Crippen LogP contribution in [0.3, 0.4) is 0 Å². The van der Waals surface area contributed by atoms with Crippen molar-refractivity contribution in [1.82, 2.24) is 0 Å². The Labute approximate surface area is 224 Å². The summed E-state index contributed by atoms with van der Waals surface area (Å²) in [5, 5.41) is 0. The first-order chi connectivity index (χ1) is 17.1. The highest BCUT2D eigenvalue weighted by Gasteiger charge is 2.37. The monoisotopic (exact) mass is 532 g/mol. The van der Waals surface area contributed by atoms with Crippen molar-refractivity contribution >= 4 is 16.7 Å². The largest absolute Gasteiger partial charge is 0.500 e.